The molecule has 0 radical (unpaired) electrons. The minimum absolute atomic E-state index is 0.121. The van der Waals surface area contributed by atoms with Crippen LogP contribution in [0, 0.1) is 0 Å². The van der Waals surface area contributed by atoms with E-state index in [4.69, 9.17) is 10.2 Å². The molecule has 3 rings (SSSR count). The molecule has 0 aliphatic rings. The average Bonchev–Trinajstić information content (AvgIpc) is 2.59. The highest BCUT2D eigenvalue weighted by atomic mass is 16.4. The third-order valence-corrected chi connectivity index (χ3v) is 3.80. The summed E-state index contributed by atoms with van der Waals surface area (Å²) >= 11 is 0. The molecule has 0 saturated heterocycles. The first-order chi connectivity index (χ1) is 12.0. The van der Waals surface area contributed by atoms with E-state index in [-0.39, 0.29) is 24.1 Å². The van der Waals surface area contributed by atoms with Crippen LogP contribution in [0.15, 0.2) is 53.3 Å². The molecule has 126 valence electrons. The van der Waals surface area contributed by atoms with Crippen molar-refractivity contribution in [2.45, 2.75) is 13.0 Å². The number of carboxylic acid groups (broad SMARTS) is 2. The second-order valence-electron chi connectivity index (χ2n) is 5.53. The van der Waals surface area contributed by atoms with E-state index in [0.717, 1.165) is 0 Å². The van der Waals surface area contributed by atoms with Gasteiger partial charge in [0.05, 0.1) is 29.6 Å². The maximum atomic E-state index is 12.6. The standard InChI is InChI=1S/C18H14N2O5/c21-16(22)9-15-13-3-1-2-4-14(13)17(23)20(19-15)10-11-5-7-12(8-6-11)18(24)25/h1-8H,9-10H2,(H,21,22)(H,24,25). The number of hydrogen-bond donors (Lipinski definition) is 2. The molecule has 1 heterocycles. The smallest absolute Gasteiger partial charge is 0.335 e. The Morgan fingerprint density at radius 1 is 0.960 bits per heavy atom. The number of aliphatic carboxylic acids is 1. The van der Waals surface area contributed by atoms with E-state index in [0.29, 0.717) is 22.0 Å². The van der Waals surface area contributed by atoms with E-state index < -0.39 is 11.9 Å². The number of carbonyl (C=O) groups is 2. The maximum Gasteiger partial charge on any atom is 0.335 e. The summed E-state index contributed by atoms with van der Waals surface area (Å²) < 4.78 is 1.20. The molecule has 1 aromatic heterocycles. The summed E-state index contributed by atoms with van der Waals surface area (Å²) in [7, 11) is 0. The van der Waals surface area contributed by atoms with Gasteiger partial charge in [0.25, 0.3) is 5.56 Å². The van der Waals surface area contributed by atoms with Gasteiger partial charge in [-0.05, 0) is 23.8 Å². The zero-order chi connectivity index (χ0) is 18.0. The summed E-state index contributed by atoms with van der Waals surface area (Å²) in [5.74, 6) is -2.06. The molecule has 0 fully saturated rings. The maximum absolute atomic E-state index is 12.6. The van der Waals surface area contributed by atoms with Crippen LogP contribution >= 0.6 is 0 Å². The van der Waals surface area contributed by atoms with Gasteiger partial charge >= 0.3 is 11.9 Å². The van der Waals surface area contributed by atoms with Crippen LogP contribution in [0.25, 0.3) is 10.8 Å². The second kappa shape index (κ2) is 6.56. The Kier molecular flexibility index (Phi) is 4.30. The van der Waals surface area contributed by atoms with Crippen LogP contribution in [0.2, 0.25) is 0 Å². The molecule has 0 saturated carbocycles. The number of aromatic nitrogens is 2. The first-order valence-corrected chi connectivity index (χ1v) is 7.48. The van der Waals surface area contributed by atoms with E-state index in [1.54, 1.807) is 36.4 Å². The fraction of sp³-hybridized carbons (Fsp3) is 0.111. The quantitative estimate of drug-likeness (QED) is 0.734. The summed E-state index contributed by atoms with van der Waals surface area (Å²) in [4.78, 5) is 34.6. The van der Waals surface area contributed by atoms with Gasteiger partial charge in [-0.3, -0.25) is 9.59 Å². The van der Waals surface area contributed by atoms with E-state index >= 15 is 0 Å². The lowest BCUT2D eigenvalue weighted by molar-refractivity contribution is -0.136. The molecule has 0 unspecified atom stereocenters. The molecular weight excluding hydrogens is 324 g/mol. The van der Waals surface area contributed by atoms with Gasteiger partial charge in [0.15, 0.2) is 0 Å². The van der Waals surface area contributed by atoms with Gasteiger partial charge in [0.2, 0.25) is 0 Å². The van der Waals surface area contributed by atoms with Crippen molar-refractivity contribution in [3.8, 4) is 0 Å². The molecule has 2 aromatic carbocycles. The summed E-state index contributed by atoms with van der Waals surface area (Å²) in [6.45, 7) is 0.121. The Morgan fingerprint density at radius 3 is 2.20 bits per heavy atom. The topological polar surface area (TPSA) is 109 Å². The molecule has 0 bridgehead atoms. The first kappa shape index (κ1) is 16.4. The summed E-state index contributed by atoms with van der Waals surface area (Å²) in [6, 6.07) is 12.8. The van der Waals surface area contributed by atoms with Crippen molar-refractivity contribution < 1.29 is 19.8 Å². The number of rotatable bonds is 5. The van der Waals surface area contributed by atoms with Crippen LogP contribution < -0.4 is 5.56 Å². The van der Waals surface area contributed by atoms with Gasteiger partial charge in [-0.15, -0.1) is 0 Å². The van der Waals surface area contributed by atoms with Crippen LogP contribution in [0.3, 0.4) is 0 Å². The zero-order valence-corrected chi connectivity index (χ0v) is 13.0. The predicted molar refractivity (Wildman–Crippen MR) is 89.8 cm³/mol. The van der Waals surface area contributed by atoms with Crippen molar-refractivity contribution in [1.29, 1.82) is 0 Å². The molecule has 2 N–H and O–H groups in total. The van der Waals surface area contributed by atoms with Crippen LogP contribution in [0.1, 0.15) is 21.6 Å². The van der Waals surface area contributed by atoms with Crippen LogP contribution in [-0.4, -0.2) is 31.9 Å². The molecule has 0 spiro atoms. The summed E-state index contributed by atoms with van der Waals surface area (Å²) in [6.07, 6.45) is -0.293. The minimum Gasteiger partial charge on any atom is -0.481 e. The third kappa shape index (κ3) is 3.40. The van der Waals surface area contributed by atoms with Gasteiger partial charge in [0, 0.05) is 5.39 Å². The second-order valence-corrected chi connectivity index (χ2v) is 5.53. The number of benzene rings is 2. The fourth-order valence-electron chi connectivity index (χ4n) is 2.61. The lowest BCUT2D eigenvalue weighted by Crippen LogP contribution is -2.26. The first-order valence-electron chi connectivity index (χ1n) is 7.48. The van der Waals surface area contributed by atoms with Crippen molar-refractivity contribution in [2.24, 2.45) is 0 Å². The van der Waals surface area contributed by atoms with Crippen molar-refractivity contribution in [3.05, 3.63) is 75.7 Å². The minimum atomic E-state index is -1.03. The van der Waals surface area contributed by atoms with Crippen molar-refractivity contribution in [3.63, 3.8) is 0 Å². The van der Waals surface area contributed by atoms with Crippen molar-refractivity contribution >= 4 is 22.7 Å². The van der Waals surface area contributed by atoms with Crippen LogP contribution in [0.5, 0.6) is 0 Å². The molecule has 0 aliphatic heterocycles. The number of nitrogens with zero attached hydrogens (tertiary/aromatic N) is 2. The fourth-order valence-corrected chi connectivity index (χ4v) is 2.61. The lowest BCUT2D eigenvalue weighted by Gasteiger charge is -2.10. The zero-order valence-electron chi connectivity index (χ0n) is 13.0. The molecule has 0 amide bonds. The Bertz CT molecular complexity index is 1020. The molecule has 3 aromatic rings. The largest absolute Gasteiger partial charge is 0.481 e. The average molecular weight is 338 g/mol. The van der Waals surface area contributed by atoms with Crippen molar-refractivity contribution in [1.82, 2.24) is 9.78 Å². The number of aromatic carboxylic acids is 1. The Labute approximate surface area is 141 Å². The van der Waals surface area contributed by atoms with E-state index in [1.807, 2.05) is 0 Å². The third-order valence-electron chi connectivity index (χ3n) is 3.80. The van der Waals surface area contributed by atoms with Gasteiger partial charge in [-0.25, -0.2) is 9.48 Å². The highest BCUT2D eigenvalue weighted by Crippen LogP contribution is 2.14. The Balaban J connectivity index is 2.06. The molecule has 0 aliphatic carbocycles. The molecule has 7 heteroatoms. The monoisotopic (exact) mass is 338 g/mol. The number of fused-ring (bicyclic) bond motifs is 1. The highest BCUT2D eigenvalue weighted by Gasteiger charge is 2.13. The van der Waals surface area contributed by atoms with Gasteiger partial charge in [0.1, 0.15) is 0 Å². The SMILES string of the molecule is O=C(O)Cc1nn(Cc2ccc(C(=O)O)cc2)c(=O)c2ccccc12. The number of carboxylic acids is 2. The predicted octanol–water partition coefficient (Wildman–Crippen LogP) is 1.77. The normalized spacial score (nSPS) is 10.7. The lowest BCUT2D eigenvalue weighted by atomic mass is 10.1. The van der Waals surface area contributed by atoms with Crippen LogP contribution in [0.4, 0.5) is 0 Å². The van der Waals surface area contributed by atoms with E-state index in [9.17, 15) is 14.4 Å². The number of hydrogen-bond acceptors (Lipinski definition) is 4. The van der Waals surface area contributed by atoms with Gasteiger partial charge in [-0.2, -0.15) is 5.10 Å². The van der Waals surface area contributed by atoms with E-state index in [2.05, 4.69) is 5.10 Å². The Hall–Kier alpha value is -3.48. The summed E-state index contributed by atoms with van der Waals surface area (Å²) in [5, 5.41) is 23.1. The molecular formula is C18H14N2O5. The van der Waals surface area contributed by atoms with Crippen LogP contribution in [-0.2, 0) is 17.8 Å². The molecule has 0 atom stereocenters. The van der Waals surface area contributed by atoms with E-state index in [1.165, 1.54) is 16.8 Å². The Morgan fingerprint density at radius 2 is 1.60 bits per heavy atom. The van der Waals surface area contributed by atoms with Gasteiger partial charge in [-0.1, -0.05) is 30.3 Å². The molecule has 25 heavy (non-hydrogen) atoms. The summed E-state index contributed by atoms with van der Waals surface area (Å²) in [5.41, 5.74) is 0.821. The van der Waals surface area contributed by atoms with Gasteiger partial charge < -0.3 is 10.2 Å². The molecule has 7 nitrogen and oxygen atoms in total. The van der Waals surface area contributed by atoms with Crippen molar-refractivity contribution in [2.75, 3.05) is 0 Å². The highest BCUT2D eigenvalue weighted by molar-refractivity contribution is 5.87.